The average Bonchev–Trinajstić information content (AvgIpc) is 2.78. The molecular weight excluding hydrogens is 408 g/mol. The van der Waals surface area contributed by atoms with Gasteiger partial charge in [0.05, 0.1) is 18.6 Å². The van der Waals surface area contributed by atoms with E-state index >= 15 is 0 Å². The highest BCUT2D eigenvalue weighted by atomic mass is 16.5. The number of nitrogens with zero attached hydrogens (tertiary/aromatic N) is 3. The number of hydrogen-bond acceptors (Lipinski definition) is 5. The number of rotatable bonds is 4. The van der Waals surface area contributed by atoms with Gasteiger partial charge in [0.1, 0.15) is 17.8 Å². The van der Waals surface area contributed by atoms with Gasteiger partial charge in [-0.2, -0.15) is 0 Å². The number of hydrogen-bond donors (Lipinski definition) is 1. The van der Waals surface area contributed by atoms with Crippen LogP contribution in [0.1, 0.15) is 27.2 Å². The molecule has 1 aliphatic rings. The summed E-state index contributed by atoms with van der Waals surface area (Å²) in [6, 6.07) is 9.23. The van der Waals surface area contributed by atoms with Gasteiger partial charge >= 0.3 is 0 Å². The van der Waals surface area contributed by atoms with E-state index in [-0.39, 0.29) is 29.4 Å². The first-order valence-corrected chi connectivity index (χ1v) is 10.6. The van der Waals surface area contributed by atoms with Crippen molar-refractivity contribution in [3.05, 3.63) is 69.1 Å². The minimum Gasteiger partial charge on any atom is -0.378 e. The molecule has 1 fully saturated rings. The zero-order valence-electron chi connectivity index (χ0n) is 18.5. The Labute approximate surface area is 185 Å². The van der Waals surface area contributed by atoms with Crippen LogP contribution in [0.15, 0.2) is 41.3 Å². The predicted molar refractivity (Wildman–Crippen MR) is 122 cm³/mol. The molecule has 3 heterocycles. The predicted octanol–water partition coefficient (Wildman–Crippen LogP) is 2.43. The largest absolute Gasteiger partial charge is 0.378 e. The van der Waals surface area contributed by atoms with E-state index in [2.05, 4.69) is 10.3 Å². The number of aromatic nitrogens is 2. The Morgan fingerprint density at radius 2 is 1.84 bits per heavy atom. The van der Waals surface area contributed by atoms with E-state index in [0.717, 1.165) is 16.8 Å². The van der Waals surface area contributed by atoms with E-state index in [1.165, 1.54) is 6.20 Å². The molecule has 1 aliphatic heterocycles. The van der Waals surface area contributed by atoms with Crippen LogP contribution in [-0.2, 0) is 16.1 Å². The fraction of sp³-hybridized carbons (Fsp3) is 0.333. The molecule has 8 nitrogen and oxygen atoms in total. The highest BCUT2D eigenvalue weighted by molar-refractivity contribution is 5.98. The molecule has 0 aliphatic carbocycles. The summed E-state index contributed by atoms with van der Waals surface area (Å²) >= 11 is 0. The summed E-state index contributed by atoms with van der Waals surface area (Å²) in [5.74, 6) is -0.624. The summed E-state index contributed by atoms with van der Waals surface area (Å²) in [5, 5.41) is 3.24. The summed E-state index contributed by atoms with van der Waals surface area (Å²) in [5.41, 5.74) is 3.47. The van der Waals surface area contributed by atoms with Crippen molar-refractivity contribution in [3.8, 4) is 0 Å². The van der Waals surface area contributed by atoms with Crippen molar-refractivity contribution in [2.75, 3.05) is 31.6 Å². The number of amides is 2. The minimum atomic E-state index is -0.379. The molecule has 1 saturated heterocycles. The van der Waals surface area contributed by atoms with Crippen LogP contribution in [0.4, 0.5) is 5.69 Å². The maximum absolute atomic E-state index is 13.1. The van der Waals surface area contributed by atoms with Crippen LogP contribution in [0.5, 0.6) is 0 Å². The Bertz CT molecular complexity index is 1260. The summed E-state index contributed by atoms with van der Waals surface area (Å²) in [7, 11) is 0. The van der Waals surface area contributed by atoms with Gasteiger partial charge in [-0.1, -0.05) is 12.1 Å². The van der Waals surface area contributed by atoms with Crippen LogP contribution < -0.4 is 10.7 Å². The third kappa shape index (κ3) is 4.40. The van der Waals surface area contributed by atoms with Crippen molar-refractivity contribution >= 4 is 28.5 Å². The SMILES string of the molecule is Cc1ccc(C)c(NC(=O)Cn2cc(C(=O)N3CCOCC3)c(=O)c3ccc(C)nc32)c1. The lowest BCUT2D eigenvalue weighted by Crippen LogP contribution is -2.42. The van der Waals surface area contributed by atoms with Crippen LogP contribution in [0.25, 0.3) is 11.0 Å². The summed E-state index contributed by atoms with van der Waals surface area (Å²) in [6.45, 7) is 7.35. The molecule has 1 N–H and O–H groups in total. The number of nitrogens with one attached hydrogen (secondary N) is 1. The van der Waals surface area contributed by atoms with Gasteiger partial charge in [-0.3, -0.25) is 14.4 Å². The second kappa shape index (κ2) is 8.92. The van der Waals surface area contributed by atoms with Crippen LogP contribution in [-0.4, -0.2) is 52.6 Å². The lowest BCUT2D eigenvalue weighted by molar-refractivity contribution is -0.116. The van der Waals surface area contributed by atoms with Crippen LogP contribution in [0, 0.1) is 20.8 Å². The number of anilines is 1. The smallest absolute Gasteiger partial charge is 0.259 e. The topological polar surface area (TPSA) is 93.5 Å². The minimum absolute atomic E-state index is 0.0320. The molecule has 0 saturated carbocycles. The van der Waals surface area contributed by atoms with Crippen molar-refractivity contribution in [1.29, 1.82) is 0 Å². The highest BCUT2D eigenvalue weighted by Gasteiger charge is 2.24. The Morgan fingerprint density at radius 3 is 2.59 bits per heavy atom. The average molecular weight is 434 g/mol. The highest BCUT2D eigenvalue weighted by Crippen LogP contribution is 2.17. The summed E-state index contributed by atoms with van der Waals surface area (Å²) in [6.07, 6.45) is 1.46. The molecular formula is C24H26N4O4. The number of carbonyl (C=O) groups excluding carboxylic acids is 2. The number of carbonyl (C=O) groups is 2. The van der Waals surface area contributed by atoms with Crippen molar-refractivity contribution in [3.63, 3.8) is 0 Å². The number of benzene rings is 1. The van der Waals surface area contributed by atoms with E-state index in [0.29, 0.717) is 43.0 Å². The number of ether oxygens (including phenoxy) is 1. The third-order valence-corrected chi connectivity index (χ3v) is 5.57. The molecule has 166 valence electrons. The molecule has 0 radical (unpaired) electrons. The maximum Gasteiger partial charge on any atom is 0.259 e. The van der Waals surface area contributed by atoms with E-state index in [9.17, 15) is 14.4 Å². The number of fused-ring (bicyclic) bond motifs is 1. The van der Waals surface area contributed by atoms with Gasteiger partial charge in [0.25, 0.3) is 5.91 Å². The number of morpholine rings is 1. The van der Waals surface area contributed by atoms with Gasteiger partial charge in [-0.25, -0.2) is 4.98 Å². The second-order valence-electron chi connectivity index (χ2n) is 8.09. The first-order chi connectivity index (χ1) is 15.3. The van der Waals surface area contributed by atoms with E-state index < -0.39 is 0 Å². The first-order valence-electron chi connectivity index (χ1n) is 10.6. The molecule has 4 rings (SSSR count). The number of pyridine rings is 2. The van der Waals surface area contributed by atoms with Gasteiger partial charge in [0, 0.05) is 30.7 Å². The molecule has 0 bridgehead atoms. The van der Waals surface area contributed by atoms with Crippen LogP contribution in [0.3, 0.4) is 0 Å². The van der Waals surface area contributed by atoms with Gasteiger partial charge < -0.3 is 19.5 Å². The fourth-order valence-electron chi connectivity index (χ4n) is 3.78. The molecule has 3 aromatic rings. The Morgan fingerprint density at radius 1 is 1.09 bits per heavy atom. The van der Waals surface area contributed by atoms with E-state index in [1.54, 1.807) is 21.6 Å². The van der Waals surface area contributed by atoms with Crippen molar-refractivity contribution < 1.29 is 14.3 Å². The fourth-order valence-corrected chi connectivity index (χ4v) is 3.78. The van der Waals surface area contributed by atoms with Gasteiger partial charge in [0.15, 0.2) is 0 Å². The Kier molecular flexibility index (Phi) is 6.05. The molecule has 1 aromatic carbocycles. The van der Waals surface area contributed by atoms with Crippen molar-refractivity contribution in [2.45, 2.75) is 27.3 Å². The second-order valence-corrected chi connectivity index (χ2v) is 8.09. The quantitative estimate of drug-likeness (QED) is 0.681. The maximum atomic E-state index is 13.1. The van der Waals surface area contributed by atoms with Crippen molar-refractivity contribution in [2.24, 2.45) is 0 Å². The molecule has 2 aromatic heterocycles. The summed E-state index contributed by atoms with van der Waals surface area (Å²) in [4.78, 5) is 45.2. The van der Waals surface area contributed by atoms with Crippen LogP contribution >= 0.6 is 0 Å². The lowest BCUT2D eigenvalue weighted by atomic mass is 10.1. The van der Waals surface area contributed by atoms with E-state index in [4.69, 9.17) is 4.74 Å². The van der Waals surface area contributed by atoms with Crippen molar-refractivity contribution in [1.82, 2.24) is 14.5 Å². The normalized spacial score (nSPS) is 13.9. The Hall–Kier alpha value is -3.52. The zero-order valence-corrected chi connectivity index (χ0v) is 18.5. The Balaban J connectivity index is 1.72. The van der Waals surface area contributed by atoms with Gasteiger partial charge in [-0.15, -0.1) is 0 Å². The molecule has 0 spiro atoms. The molecule has 32 heavy (non-hydrogen) atoms. The van der Waals surface area contributed by atoms with Crippen LogP contribution in [0.2, 0.25) is 0 Å². The molecule has 8 heteroatoms. The monoisotopic (exact) mass is 434 g/mol. The van der Waals surface area contributed by atoms with Gasteiger partial charge in [0.2, 0.25) is 11.3 Å². The van der Waals surface area contributed by atoms with E-state index in [1.807, 2.05) is 39.0 Å². The van der Waals surface area contributed by atoms with Gasteiger partial charge in [-0.05, 0) is 50.1 Å². The molecule has 2 amide bonds. The lowest BCUT2D eigenvalue weighted by Gasteiger charge is -2.27. The number of aryl methyl sites for hydroxylation is 3. The standard InChI is InChI=1S/C24H26N4O4/c1-15-4-5-16(2)20(12-15)26-21(29)14-28-13-19(24(31)27-8-10-32-11-9-27)22(30)18-7-6-17(3)25-23(18)28/h4-7,12-13H,8-11,14H2,1-3H3,(H,26,29). The first kappa shape index (κ1) is 21.7. The summed E-state index contributed by atoms with van der Waals surface area (Å²) < 4.78 is 6.89. The molecule has 0 unspecified atom stereocenters. The third-order valence-electron chi connectivity index (χ3n) is 5.57. The zero-order chi connectivity index (χ0) is 22.8. The molecule has 0 atom stereocenters.